The van der Waals surface area contributed by atoms with Crippen molar-refractivity contribution in [1.82, 2.24) is 15.5 Å². The van der Waals surface area contributed by atoms with E-state index in [0.717, 1.165) is 12.2 Å². The van der Waals surface area contributed by atoms with Crippen LogP contribution >= 0.6 is 0 Å². The number of rotatable bonds is 4. The predicted molar refractivity (Wildman–Crippen MR) is 63.0 cm³/mol. The zero-order valence-corrected chi connectivity index (χ0v) is 10.4. The molecule has 0 amide bonds. The number of nitrogens with zero attached hydrogens (tertiary/aromatic N) is 1. The van der Waals surface area contributed by atoms with Gasteiger partial charge in [0.25, 0.3) is 0 Å². The van der Waals surface area contributed by atoms with Crippen LogP contribution in [0.5, 0.6) is 0 Å². The molecule has 1 aliphatic rings. The molecular weight excluding hydrogens is 202 g/mol. The number of aromatic amines is 1. The van der Waals surface area contributed by atoms with Crippen molar-refractivity contribution in [1.29, 1.82) is 0 Å². The van der Waals surface area contributed by atoms with Gasteiger partial charge in [-0.15, -0.1) is 0 Å². The van der Waals surface area contributed by atoms with E-state index in [0.29, 0.717) is 18.1 Å². The van der Waals surface area contributed by atoms with Gasteiger partial charge in [-0.3, -0.25) is 5.10 Å². The van der Waals surface area contributed by atoms with E-state index < -0.39 is 0 Å². The molecule has 0 radical (unpaired) electrons. The van der Waals surface area contributed by atoms with E-state index in [1.54, 1.807) is 13.3 Å². The van der Waals surface area contributed by atoms with Crippen LogP contribution in [0.3, 0.4) is 0 Å². The Morgan fingerprint density at radius 3 is 2.81 bits per heavy atom. The first kappa shape index (κ1) is 11.6. The van der Waals surface area contributed by atoms with Gasteiger partial charge in [0.1, 0.15) is 0 Å². The molecule has 2 N–H and O–H groups in total. The van der Waals surface area contributed by atoms with Crippen LogP contribution < -0.4 is 5.32 Å². The molecule has 1 aromatic heterocycles. The number of methoxy groups -OCH3 is 1. The van der Waals surface area contributed by atoms with Gasteiger partial charge in [-0.05, 0) is 12.0 Å². The third-order valence-electron chi connectivity index (χ3n) is 3.86. The molecule has 0 aromatic carbocycles. The molecule has 4 nitrogen and oxygen atoms in total. The summed E-state index contributed by atoms with van der Waals surface area (Å²) in [5.41, 5.74) is 1.33. The molecule has 16 heavy (non-hydrogen) atoms. The van der Waals surface area contributed by atoms with Crippen molar-refractivity contribution in [2.24, 2.45) is 11.3 Å². The van der Waals surface area contributed by atoms with Gasteiger partial charge in [-0.1, -0.05) is 20.8 Å². The molecule has 3 atom stereocenters. The molecule has 0 aliphatic heterocycles. The van der Waals surface area contributed by atoms with Gasteiger partial charge >= 0.3 is 0 Å². The fraction of sp³-hybridized carbons (Fsp3) is 0.750. The van der Waals surface area contributed by atoms with Crippen molar-refractivity contribution in [3.8, 4) is 0 Å². The molecule has 2 rings (SSSR count). The second kappa shape index (κ2) is 4.18. The maximum Gasteiger partial charge on any atom is 0.0677 e. The third kappa shape index (κ3) is 1.76. The van der Waals surface area contributed by atoms with E-state index in [4.69, 9.17) is 4.74 Å². The van der Waals surface area contributed by atoms with E-state index in [2.05, 4.69) is 36.3 Å². The minimum Gasteiger partial charge on any atom is -0.380 e. The van der Waals surface area contributed by atoms with Gasteiger partial charge in [0.15, 0.2) is 0 Å². The monoisotopic (exact) mass is 223 g/mol. The average molecular weight is 223 g/mol. The van der Waals surface area contributed by atoms with Gasteiger partial charge in [0, 0.05) is 37.0 Å². The van der Waals surface area contributed by atoms with Crippen LogP contribution in [-0.4, -0.2) is 29.5 Å². The summed E-state index contributed by atoms with van der Waals surface area (Å²) in [6.07, 6.45) is 2.14. The molecule has 90 valence electrons. The maximum atomic E-state index is 5.52. The van der Waals surface area contributed by atoms with Crippen molar-refractivity contribution in [3.63, 3.8) is 0 Å². The highest BCUT2D eigenvalue weighted by Gasteiger charge is 2.54. The SMILES string of the molecule is CO[C@@H]1[C@@H](C)[C@@H](NCc2ccn[nH]2)C1(C)C. The summed E-state index contributed by atoms with van der Waals surface area (Å²) in [6, 6.07) is 2.50. The minimum absolute atomic E-state index is 0.203. The zero-order valence-electron chi connectivity index (χ0n) is 10.4. The number of ether oxygens (including phenoxy) is 1. The smallest absolute Gasteiger partial charge is 0.0677 e. The second-order valence-electron chi connectivity index (χ2n) is 5.28. The lowest BCUT2D eigenvalue weighted by Gasteiger charge is -2.56. The number of hydrogen-bond acceptors (Lipinski definition) is 3. The van der Waals surface area contributed by atoms with E-state index in [9.17, 15) is 0 Å². The number of H-pyrrole nitrogens is 1. The van der Waals surface area contributed by atoms with E-state index in [1.807, 2.05) is 6.07 Å². The van der Waals surface area contributed by atoms with E-state index >= 15 is 0 Å². The first-order valence-corrected chi connectivity index (χ1v) is 5.81. The molecule has 1 heterocycles. The summed E-state index contributed by atoms with van der Waals surface area (Å²) in [5.74, 6) is 0.558. The topological polar surface area (TPSA) is 49.9 Å². The lowest BCUT2D eigenvalue weighted by Crippen LogP contribution is -2.66. The second-order valence-corrected chi connectivity index (χ2v) is 5.28. The highest BCUT2D eigenvalue weighted by Crippen LogP contribution is 2.46. The average Bonchev–Trinajstić information content (AvgIpc) is 2.70. The molecule has 4 heteroatoms. The summed E-state index contributed by atoms with van der Waals surface area (Å²) in [5, 5.41) is 10.5. The van der Waals surface area contributed by atoms with Gasteiger partial charge in [-0.25, -0.2) is 0 Å². The molecule has 1 saturated carbocycles. The fourth-order valence-electron chi connectivity index (χ4n) is 3.16. The largest absolute Gasteiger partial charge is 0.380 e. The minimum atomic E-state index is 0.203. The van der Waals surface area contributed by atoms with Crippen molar-refractivity contribution in [3.05, 3.63) is 18.0 Å². The van der Waals surface area contributed by atoms with Crippen molar-refractivity contribution in [2.45, 2.75) is 39.5 Å². The first-order chi connectivity index (χ1) is 7.57. The molecule has 0 spiro atoms. The van der Waals surface area contributed by atoms with Crippen LogP contribution in [0, 0.1) is 11.3 Å². The Morgan fingerprint density at radius 2 is 2.31 bits per heavy atom. The van der Waals surface area contributed by atoms with Crippen LogP contribution in [0.25, 0.3) is 0 Å². The number of aromatic nitrogens is 2. The van der Waals surface area contributed by atoms with Crippen molar-refractivity contribution < 1.29 is 4.74 Å². The normalized spacial score (nSPS) is 32.4. The van der Waals surface area contributed by atoms with Crippen LogP contribution in [0.4, 0.5) is 0 Å². The van der Waals surface area contributed by atoms with Gasteiger partial charge in [0.05, 0.1) is 6.10 Å². The molecule has 1 aliphatic carbocycles. The summed E-state index contributed by atoms with van der Waals surface area (Å²) in [6.45, 7) is 7.59. The van der Waals surface area contributed by atoms with Crippen LogP contribution in [-0.2, 0) is 11.3 Å². The van der Waals surface area contributed by atoms with Gasteiger partial charge in [-0.2, -0.15) is 5.10 Å². The Bertz CT molecular complexity index is 334. The Morgan fingerprint density at radius 1 is 1.56 bits per heavy atom. The molecule has 0 saturated heterocycles. The first-order valence-electron chi connectivity index (χ1n) is 5.81. The van der Waals surface area contributed by atoms with Crippen LogP contribution in [0.15, 0.2) is 12.3 Å². The Labute approximate surface area is 96.8 Å². The summed E-state index contributed by atoms with van der Waals surface area (Å²) >= 11 is 0. The standard InChI is InChI=1S/C12H21N3O/c1-8-10(12(2,3)11(8)16-4)13-7-9-5-6-14-15-9/h5-6,8,10-11,13H,7H2,1-4H3,(H,14,15)/t8-,10+,11+/m0/s1. The molecule has 0 bridgehead atoms. The molecule has 1 fully saturated rings. The Kier molecular flexibility index (Phi) is 3.04. The zero-order chi connectivity index (χ0) is 11.8. The Balaban J connectivity index is 1.91. The number of hydrogen-bond donors (Lipinski definition) is 2. The maximum absolute atomic E-state index is 5.52. The van der Waals surface area contributed by atoms with Gasteiger partial charge < -0.3 is 10.1 Å². The summed E-state index contributed by atoms with van der Waals surface area (Å²) < 4.78 is 5.52. The fourth-order valence-corrected chi connectivity index (χ4v) is 3.16. The molecule has 1 aromatic rings. The van der Waals surface area contributed by atoms with Crippen LogP contribution in [0.2, 0.25) is 0 Å². The lowest BCUT2D eigenvalue weighted by molar-refractivity contribution is -0.145. The predicted octanol–water partition coefficient (Wildman–Crippen LogP) is 1.56. The summed E-state index contributed by atoms with van der Waals surface area (Å²) in [7, 11) is 1.80. The lowest BCUT2D eigenvalue weighted by atomic mass is 9.58. The third-order valence-corrected chi connectivity index (χ3v) is 3.86. The van der Waals surface area contributed by atoms with Crippen molar-refractivity contribution in [2.75, 3.05) is 7.11 Å². The van der Waals surface area contributed by atoms with Gasteiger partial charge in [0.2, 0.25) is 0 Å². The summed E-state index contributed by atoms with van der Waals surface area (Å²) in [4.78, 5) is 0. The number of nitrogens with one attached hydrogen (secondary N) is 2. The van der Waals surface area contributed by atoms with E-state index in [1.165, 1.54) is 0 Å². The highest BCUT2D eigenvalue weighted by atomic mass is 16.5. The van der Waals surface area contributed by atoms with E-state index in [-0.39, 0.29) is 5.41 Å². The highest BCUT2D eigenvalue weighted by molar-refractivity contribution is 5.08. The molecule has 0 unspecified atom stereocenters. The van der Waals surface area contributed by atoms with Crippen LogP contribution in [0.1, 0.15) is 26.5 Å². The Hall–Kier alpha value is -0.870. The van der Waals surface area contributed by atoms with Crippen molar-refractivity contribution >= 4 is 0 Å². The quantitative estimate of drug-likeness (QED) is 0.814. The molecular formula is C12H21N3O.